The molecule has 0 aliphatic carbocycles. The van der Waals surface area contributed by atoms with Crippen molar-refractivity contribution in [2.45, 2.75) is 95.4 Å². The summed E-state index contributed by atoms with van der Waals surface area (Å²) in [7, 11) is -0.504. The zero-order valence-electron chi connectivity index (χ0n) is 20.2. The second-order valence-electron chi connectivity index (χ2n) is 9.65. The maximum atomic E-state index is 14.6. The second kappa shape index (κ2) is 13.2. The lowest BCUT2D eigenvalue weighted by molar-refractivity contribution is 0.173. The Bertz CT molecular complexity index is 824. The maximum Gasteiger partial charge on any atom is 0.190 e. The van der Waals surface area contributed by atoms with Gasteiger partial charge in [-0.2, -0.15) is 0 Å². The highest BCUT2D eigenvalue weighted by atomic mass is 28.3. The third-order valence-electron chi connectivity index (χ3n) is 7.04. The molecule has 0 saturated carbocycles. The van der Waals surface area contributed by atoms with Crippen LogP contribution in [0.1, 0.15) is 76.7 Å². The topological polar surface area (TPSA) is 9.23 Å². The lowest BCUT2D eigenvalue weighted by atomic mass is 9.92. The molecule has 1 saturated heterocycles. The summed E-state index contributed by atoms with van der Waals surface area (Å²) in [6.45, 7) is 4.06. The summed E-state index contributed by atoms with van der Waals surface area (Å²) in [4.78, 5) is 0. The first-order valence-corrected chi connectivity index (χ1v) is 15.3. The van der Waals surface area contributed by atoms with Crippen molar-refractivity contribution in [1.82, 2.24) is 0 Å². The average Bonchev–Trinajstić information content (AvgIpc) is 2.82. The van der Waals surface area contributed by atoms with Gasteiger partial charge >= 0.3 is 0 Å². The van der Waals surface area contributed by atoms with Crippen LogP contribution in [0, 0.1) is 11.6 Å². The van der Waals surface area contributed by atoms with E-state index in [0.29, 0.717) is 17.9 Å². The Hall–Kier alpha value is -1.75. The Morgan fingerprint density at radius 1 is 0.909 bits per heavy atom. The van der Waals surface area contributed by atoms with E-state index < -0.39 is 32.4 Å². The van der Waals surface area contributed by atoms with Crippen molar-refractivity contribution < 1.29 is 17.9 Å². The van der Waals surface area contributed by atoms with E-state index in [1.807, 2.05) is 12.1 Å². The van der Waals surface area contributed by atoms with Gasteiger partial charge in [0.15, 0.2) is 17.4 Å². The van der Waals surface area contributed by atoms with Crippen molar-refractivity contribution in [2.24, 2.45) is 0 Å². The number of hydrogen-bond donors (Lipinski definition) is 0. The minimum atomic E-state index is -1.22. The van der Waals surface area contributed by atoms with E-state index in [0.717, 1.165) is 31.2 Å². The van der Waals surface area contributed by atoms with Crippen LogP contribution in [0.4, 0.5) is 13.2 Å². The number of halogens is 3. The molecule has 0 bridgehead atoms. The summed E-state index contributed by atoms with van der Waals surface area (Å²) < 4.78 is 48.4. The third-order valence-corrected chi connectivity index (χ3v) is 10.7. The van der Waals surface area contributed by atoms with E-state index in [-0.39, 0.29) is 6.61 Å². The molecular weight excluding hydrogens is 437 g/mol. The average molecular weight is 477 g/mol. The van der Waals surface area contributed by atoms with E-state index in [1.54, 1.807) is 0 Å². The molecule has 2 aromatic rings. The molecular formula is C28H39F3OSi. The number of rotatable bonds is 12. The van der Waals surface area contributed by atoms with Crippen LogP contribution in [0.3, 0.4) is 0 Å². The molecule has 1 aliphatic rings. The molecule has 0 unspecified atom stereocenters. The summed E-state index contributed by atoms with van der Waals surface area (Å²) in [5, 5.41) is 0. The van der Waals surface area contributed by atoms with E-state index >= 15 is 0 Å². The highest BCUT2D eigenvalue weighted by Crippen LogP contribution is 2.36. The van der Waals surface area contributed by atoms with Gasteiger partial charge in [-0.25, -0.2) is 13.2 Å². The van der Waals surface area contributed by atoms with Gasteiger partial charge in [-0.1, -0.05) is 88.3 Å². The summed E-state index contributed by atoms with van der Waals surface area (Å²) in [5.74, 6) is -1.45. The largest absolute Gasteiger partial charge is 0.485 e. The van der Waals surface area contributed by atoms with Gasteiger partial charge < -0.3 is 4.74 Å². The minimum Gasteiger partial charge on any atom is -0.485 e. The van der Waals surface area contributed by atoms with E-state index in [1.165, 1.54) is 55.1 Å². The third kappa shape index (κ3) is 7.63. The van der Waals surface area contributed by atoms with Crippen LogP contribution in [-0.2, 0) is 0 Å². The fourth-order valence-electron chi connectivity index (χ4n) is 5.05. The van der Waals surface area contributed by atoms with Gasteiger partial charge in [-0.15, -0.1) is 0 Å². The molecule has 0 radical (unpaired) electrons. The second-order valence-corrected chi connectivity index (χ2v) is 13.1. The Balaban J connectivity index is 1.58. The predicted octanol–water partition coefficient (Wildman–Crippen LogP) is 8.83. The SMILES string of the molecule is CCCCCC[C@@H](F)COc1c(F)cc(-c2ccc([C@H]3CC[Si@H](CCC)CC3)cc2)cc1F. The molecule has 0 amide bonds. The fraction of sp³-hybridized carbons (Fsp3) is 0.571. The van der Waals surface area contributed by atoms with Gasteiger partial charge in [0.2, 0.25) is 0 Å². The van der Waals surface area contributed by atoms with Crippen molar-refractivity contribution in [2.75, 3.05) is 6.61 Å². The molecule has 1 nitrogen and oxygen atoms in total. The van der Waals surface area contributed by atoms with Crippen LogP contribution in [-0.4, -0.2) is 21.6 Å². The fourth-order valence-corrected chi connectivity index (χ4v) is 8.48. The van der Waals surface area contributed by atoms with E-state index in [2.05, 4.69) is 26.0 Å². The van der Waals surface area contributed by atoms with Crippen molar-refractivity contribution in [3.05, 3.63) is 53.6 Å². The molecule has 2 aromatic carbocycles. The smallest absolute Gasteiger partial charge is 0.190 e. The lowest BCUT2D eigenvalue weighted by Gasteiger charge is -2.27. The predicted molar refractivity (Wildman–Crippen MR) is 135 cm³/mol. The van der Waals surface area contributed by atoms with Crippen LogP contribution in [0.15, 0.2) is 36.4 Å². The monoisotopic (exact) mass is 476 g/mol. The molecule has 0 spiro atoms. The Morgan fingerprint density at radius 3 is 2.18 bits per heavy atom. The summed E-state index contributed by atoms with van der Waals surface area (Å²) >= 11 is 0. The van der Waals surface area contributed by atoms with E-state index in [9.17, 15) is 13.2 Å². The van der Waals surface area contributed by atoms with Gasteiger partial charge in [-0.05, 0) is 54.0 Å². The number of alkyl halides is 1. The zero-order chi connectivity index (χ0) is 23.6. The van der Waals surface area contributed by atoms with Crippen molar-refractivity contribution in [3.63, 3.8) is 0 Å². The van der Waals surface area contributed by atoms with E-state index in [4.69, 9.17) is 4.74 Å². The highest BCUT2D eigenvalue weighted by molar-refractivity contribution is 6.59. The van der Waals surface area contributed by atoms with Crippen LogP contribution in [0.2, 0.25) is 18.1 Å². The molecule has 5 heteroatoms. The Kier molecular flexibility index (Phi) is 10.4. The van der Waals surface area contributed by atoms with Crippen molar-refractivity contribution >= 4 is 8.80 Å². The molecule has 1 fully saturated rings. The van der Waals surface area contributed by atoms with Gasteiger partial charge in [0.05, 0.1) is 0 Å². The van der Waals surface area contributed by atoms with Crippen LogP contribution >= 0.6 is 0 Å². The number of ether oxygens (including phenoxy) is 1. The molecule has 1 aliphatic heterocycles. The molecule has 182 valence electrons. The van der Waals surface area contributed by atoms with Crippen LogP contribution < -0.4 is 4.74 Å². The normalized spacial score (nSPS) is 19.4. The standard InChI is InChI=1S/C28H39F3OSi/c1-3-5-6-7-8-25(29)20-32-28-26(30)18-24(19-27(28)31)22-11-9-21(10-12-22)23-13-16-33(15-4-2)17-14-23/h9-12,18-19,23,25,33H,3-8,13-17,20H2,1-2H3/t23-,25-,33-/m1/s1. The molecule has 1 heterocycles. The highest BCUT2D eigenvalue weighted by Gasteiger charge is 2.23. The first kappa shape index (κ1) is 25.9. The maximum absolute atomic E-state index is 14.6. The lowest BCUT2D eigenvalue weighted by Crippen LogP contribution is -2.19. The van der Waals surface area contributed by atoms with Crippen molar-refractivity contribution in [3.8, 4) is 16.9 Å². The quantitative estimate of drug-likeness (QED) is 0.220. The van der Waals surface area contributed by atoms with Gasteiger partial charge in [0.1, 0.15) is 12.8 Å². The van der Waals surface area contributed by atoms with Crippen LogP contribution in [0.25, 0.3) is 11.1 Å². The summed E-state index contributed by atoms with van der Waals surface area (Å²) in [6.07, 6.45) is 6.90. The number of benzene rings is 2. The molecule has 33 heavy (non-hydrogen) atoms. The Morgan fingerprint density at radius 2 is 1.58 bits per heavy atom. The molecule has 0 N–H and O–H groups in total. The summed E-state index contributed by atoms with van der Waals surface area (Å²) in [5.41, 5.74) is 2.58. The number of unbranched alkanes of at least 4 members (excludes halogenated alkanes) is 3. The summed E-state index contributed by atoms with van der Waals surface area (Å²) in [6, 6.07) is 15.0. The van der Waals surface area contributed by atoms with Gasteiger partial charge in [0.25, 0.3) is 0 Å². The first-order chi connectivity index (χ1) is 16.0. The van der Waals surface area contributed by atoms with Crippen LogP contribution in [0.5, 0.6) is 5.75 Å². The zero-order valence-corrected chi connectivity index (χ0v) is 21.4. The molecule has 3 rings (SSSR count). The van der Waals surface area contributed by atoms with Gasteiger partial charge in [-0.3, -0.25) is 0 Å². The first-order valence-electron chi connectivity index (χ1n) is 12.9. The minimum absolute atomic E-state index is 0.322. The molecule has 0 aromatic heterocycles. The molecule has 1 atom stereocenters. The van der Waals surface area contributed by atoms with Crippen molar-refractivity contribution in [1.29, 1.82) is 0 Å². The van der Waals surface area contributed by atoms with Gasteiger partial charge in [0, 0.05) is 8.80 Å². The Labute approximate surface area is 199 Å². The number of hydrogen-bond acceptors (Lipinski definition) is 1.